The molecule has 0 aliphatic heterocycles. The first-order valence-electron chi connectivity index (χ1n) is 10.6. The van der Waals surface area contributed by atoms with Crippen molar-refractivity contribution in [3.8, 4) is 0 Å². The highest BCUT2D eigenvalue weighted by Crippen LogP contribution is 2.19. The van der Waals surface area contributed by atoms with Gasteiger partial charge in [0, 0.05) is 23.5 Å². The van der Waals surface area contributed by atoms with E-state index >= 15 is 0 Å². The third kappa shape index (κ3) is 6.77. The fraction of sp³-hybridized carbons (Fsp3) is 0.455. The van der Waals surface area contributed by atoms with Crippen LogP contribution in [0, 0.1) is 5.92 Å². The van der Waals surface area contributed by atoms with Crippen LogP contribution in [0.2, 0.25) is 0 Å². The molecule has 0 saturated heterocycles. The van der Waals surface area contributed by atoms with E-state index in [0.29, 0.717) is 0 Å². The van der Waals surface area contributed by atoms with E-state index in [9.17, 15) is 24.3 Å². The van der Waals surface area contributed by atoms with Gasteiger partial charge in [0.2, 0.25) is 17.7 Å². The summed E-state index contributed by atoms with van der Waals surface area (Å²) in [4.78, 5) is 52.3. The zero-order chi connectivity index (χ0) is 24.7. The highest BCUT2D eigenvalue weighted by molar-refractivity contribution is 5.95. The smallest absolute Gasteiger partial charge is 0.328 e. The number of carboxylic acids is 1. The molecule has 0 fully saturated rings. The molecular formula is C22H31N5O6. The number of amides is 3. The van der Waals surface area contributed by atoms with Crippen molar-refractivity contribution in [1.29, 1.82) is 0 Å². The van der Waals surface area contributed by atoms with Gasteiger partial charge in [-0.2, -0.15) is 0 Å². The number of aromatic amines is 1. The second-order valence-corrected chi connectivity index (χ2v) is 8.23. The standard InChI is InChI=1S/C22H31N5O6/c1-11(2)18(27-19(29)12(3)23)21(31)25-16(20(30)26-17(10-28)22(32)33)8-13-9-24-15-7-5-4-6-14(13)15/h4-7,9,11-12,16-18,24,28H,8,10,23H2,1-3H3,(H,25,31)(H,26,30)(H,27,29)(H,32,33). The van der Waals surface area contributed by atoms with Crippen LogP contribution in [0.1, 0.15) is 26.3 Å². The van der Waals surface area contributed by atoms with E-state index in [4.69, 9.17) is 10.8 Å². The second kappa shape index (κ2) is 11.4. The number of aliphatic hydroxyl groups is 1. The van der Waals surface area contributed by atoms with Gasteiger partial charge in [-0.05, 0) is 24.5 Å². The van der Waals surface area contributed by atoms with Gasteiger partial charge in [0.15, 0.2) is 0 Å². The van der Waals surface area contributed by atoms with Crippen molar-refractivity contribution in [1.82, 2.24) is 20.9 Å². The van der Waals surface area contributed by atoms with Crippen LogP contribution in [-0.2, 0) is 25.6 Å². The summed E-state index contributed by atoms with van der Waals surface area (Å²) in [7, 11) is 0. The zero-order valence-corrected chi connectivity index (χ0v) is 18.8. The van der Waals surface area contributed by atoms with E-state index in [0.717, 1.165) is 16.5 Å². The monoisotopic (exact) mass is 461 g/mol. The lowest BCUT2D eigenvalue weighted by Crippen LogP contribution is -2.59. The lowest BCUT2D eigenvalue weighted by molar-refractivity contribution is -0.143. The SMILES string of the molecule is CC(N)C(=O)NC(C(=O)NC(Cc1c[nH]c2ccccc12)C(=O)NC(CO)C(=O)O)C(C)C. The Morgan fingerprint density at radius 2 is 1.61 bits per heavy atom. The molecular weight excluding hydrogens is 430 g/mol. The molecule has 2 aromatic rings. The minimum atomic E-state index is -1.53. The summed E-state index contributed by atoms with van der Waals surface area (Å²) in [5.74, 6) is -3.64. The van der Waals surface area contributed by atoms with Gasteiger partial charge in [-0.25, -0.2) is 4.79 Å². The van der Waals surface area contributed by atoms with Gasteiger partial charge in [-0.15, -0.1) is 0 Å². The Bertz CT molecular complexity index is 1000. The molecule has 8 N–H and O–H groups in total. The van der Waals surface area contributed by atoms with Crippen LogP contribution in [0.3, 0.4) is 0 Å². The molecule has 11 nitrogen and oxygen atoms in total. The van der Waals surface area contributed by atoms with Crippen molar-refractivity contribution in [2.45, 2.75) is 51.4 Å². The molecule has 2 rings (SSSR count). The van der Waals surface area contributed by atoms with Gasteiger partial charge in [-0.3, -0.25) is 14.4 Å². The van der Waals surface area contributed by atoms with Crippen molar-refractivity contribution in [2.24, 2.45) is 11.7 Å². The summed E-state index contributed by atoms with van der Waals surface area (Å²) in [6, 6.07) is 2.90. The van der Waals surface area contributed by atoms with Crippen molar-refractivity contribution in [3.63, 3.8) is 0 Å². The molecule has 1 aromatic heterocycles. The fourth-order valence-electron chi connectivity index (χ4n) is 3.27. The molecule has 11 heteroatoms. The largest absolute Gasteiger partial charge is 0.480 e. The number of hydrogen-bond donors (Lipinski definition) is 7. The number of benzene rings is 1. The fourth-order valence-corrected chi connectivity index (χ4v) is 3.27. The third-order valence-electron chi connectivity index (χ3n) is 5.19. The number of fused-ring (bicyclic) bond motifs is 1. The molecule has 0 spiro atoms. The second-order valence-electron chi connectivity index (χ2n) is 8.23. The zero-order valence-electron chi connectivity index (χ0n) is 18.8. The Balaban J connectivity index is 2.30. The Morgan fingerprint density at radius 3 is 2.18 bits per heavy atom. The summed E-state index contributed by atoms with van der Waals surface area (Å²) in [5.41, 5.74) is 7.14. The number of carboxylic acid groups (broad SMARTS) is 1. The number of hydrogen-bond acceptors (Lipinski definition) is 6. The number of aliphatic hydroxyl groups excluding tert-OH is 1. The normalized spacial score (nSPS) is 14.8. The van der Waals surface area contributed by atoms with Crippen LogP contribution >= 0.6 is 0 Å². The van der Waals surface area contributed by atoms with Gasteiger partial charge in [0.25, 0.3) is 0 Å². The predicted molar refractivity (Wildman–Crippen MR) is 121 cm³/mol. The number of carbonyl (C=O) groups is 4. The van der Waals surface area contributed by atoms with E-state index in [-0.39, 0.29) is 12.3 Å². The van der Waals surface area contributed by atoms with Crippen LogP contribution in [-0.4, -0.2) is 69.7 Å². The molecule has 1 heterocycles. The molecule has 0 radical (unpaired) electrons. The number of aliphatic carboxylic acids is 1. The number of para-hydroxylation sites is 1. The van der Waals surface area contributed by atoms with Crippen LogP contribution in [0.5, 0.6) is 0 Å². The quantitative estimate of drug-likeness (QED) is 0.229. The minimum Gasteiger partial charge on any atom is -0.480 e. The van der Waals surface area contributed by atoms with E-state index in [1.54, 1.807) is 20.0 Å². The number of aromatic nitrogens is 1. The highest BCUT2D eigenvalue weighted by atomic mass is 16.4. The summed E-state index contributed by atoms with van der Waals surface area (Å²) in [5, 5.41) is 26.7. The summed E-state index contributed by atoms with van der Waals surface area (Å²) >= 11 is 0. The Morgan fingerprint density at radius 1 is 0.970 bits per heavy atom. The molecule has 0 aliphatic rings. The molecule has 33 heavy (non-hydrogen) atoms. The topological polar surface area (TPSA) is 187 Å². The minimum absolute atomic E-state index is 0.0470. The number of nitrogens with one attached hydrogen (secondary N) is 4. The van der Waals surface area contributed by atoms with Crippen LogP contribution < -0.4 is 21.7 Å². The number of nitrogens with two attached hydrogens (primary N) is 1. The average Bonchev–Trinajstić information content (AvgIpc) is 3.17. The van der Waals surface area contributed by atoms with E-state index in [2.05, 4.69) is 20.9 Å². The van der Waals surface area contributed by atoms with Crippen molar-refractivity contribution >= 4 is 34.6 Å². The predicted octanol–water partition coefficient (Wildman–Crippen LogP) is -0.755. The molecule has 0 aliphatic carbocycles. The molecule has 0 bridgehead atoms. The van der Waals surface area contributed by atoms with Crippen molar-refractivity contribution in [2.75, 3.05) is 6.61 Å². The van der Waals surface area contributed by atoms with Crippen LogP contribution in [0.15, 0.2) is 30.5 Å². The first kappa shape index (κ1) is 25.8. The molecule has 0 saturated carbocycles. The number of H-pyrrole nitrogens is 1. The van der Waals surface area contributed by atoms with Crippen LogP contribution in [0.4, 0.5) is 0 Å². The molecule has 4 unspecified atom stereocenters. The summed E-state index contributed by atoms with van der Waals surface area (Å²) < 4.78 is 0. The molecule has 180 valence electrons. The van der Waals surface area contributed by atoms with Crippen molar-refractivity contribution in [3.05, 3.63) is 36.0 Å². The number of rotatable bonds is 11. The maximum absolute atomic E-state index is 13.0. The van der Waals surface area contributed by atoms with Gasteiger partial charge >= 0.3 is 5.97 Å². The van der Waals surface area contributed by atoms with Gasteiger partial charge < -0.3 is 36.9 Å². The summed E-state index contributed by atoms with van der Waals surface area (Å²) in [6.07, 6.45) is 1.75. The molecule has 3 amide bonds. The van der Waals surface area contributed by atoms with Crippen molar-refractivity contribution < 1.29 is 29.4 Å². The van der Waals surface area contributed by atoms with Gasteiger partial charge in [-0.1, -0.05) is 32.0 Å². The van der Waals surface area contributed by atoms with Gasteiger partial charge in [0.1, 0.15) is 18.1 Å². The first-order chi connectivity index (χ1) is 15.5. The van der Waals surface area contributed by atoms with E-state index in [1.165, 1.54) is 6.92 Å². The first-order valence-corrected chi connectivity index (χ1v) is 10.6. The lowest BCUT2D eigenvalue weighted by atomic mass is 10.00. The lowest BCUT2D eigenvalue weighted by Gasteiger charge is -2.26. The number of carbonyl (C=O) groups excluding carboxylic acids is 3. The Kier molecular flexibility index (Phi) is 8.94. The van der Waals surface area contributed by atoms with Crippen LogP contribution in [0.25, 0.3) is 10.9 Å². The van der Waals surface area contributed by atoms with E-state index < -0.39 is 54.5 Å². The third-order valence-corrected chi connectivity index (χ3v) is 5.19. The summed E-state index contributed by atoms with van der Waals surface area (Å²) in [6.45, 7) is 4.13. The maximum Gasteiger partial charge on any atom is 0.328 e. The highest BCUT2D eigenvalue weighted by Gasteiger charge is 2.31. The van der Waals surface area contributed by atoms with E-state index in [1.807, 2.05) is 24.3 Å². The molecule has 1 aromatic carbocycles. The molecule has 4 atom stereocenters. The average molecular weight is 462 g/mol. The van der Waals surface area contributed by atoms with Gasteiger partial charge in [0.05, 0.1) is 12.6 Å². The Hall–Kier alpha value is -3.44. The maximum atomic E-state index is 13.0. The Labute approximate surface area is 191 Å².